The highest BCUT2D eigenvalue weighted by atomic mass is 16.5. The van der Waals surface area contributed by atoms with Gasteiger partial charge in [0, 0.05) is 5.92 Å². The molecule has 2 aromatic carbocycles. The summed E-state index contributed by atoms with van der Waals surface area (Å²) in [5.74, 6) is 1.41. The molecule has 0 amide bonds. The Kier molecular flexibility index (Phi) is 3.96. The number of para-hydroxylation sites is 1. The number of methoxy groups -OCH3 is 2. The molecule has 1 heterocycles. The van der Waals surface area contributed by atoms with Crippen LogP contribution in [0.25, 0.3) is 0 Å². The largest absolute Gasteiger partial charge is 0.495 e. The van der Waals surface area contributed by atoms with Crippen LogP contribution in [0.1, 0.15) is 39.9 Å². The Morgan fingerprint density at radius 3 is 2.64 bits per heavy atom. The van der Waals surface area contributed by atoms with Crippen molar-refractivity contribution in [3.8, 4) is 5.75 Å². The van der Waals surface area contributed by atoms with Crippen LogP contribution in [0.5, 0.6) is 5.75 Å². The molecule has 0 radical (unpaired) electrons. The molecule has 0 bridgehead atoms. The summed E-state index contributed by atoms with van der Waals surface area (Å²) in [7, 11) is 3.10. The Bertz CT molecular complexity index is 826. The van der Waals surface area contributed by atoms with Gasteiger partial charge in [0.1, 0.15) is 5.75 Å². The number of benzene rings is 2. The first-order chi connectivity index (χ1) is 12.2. The lowest BCUT2D eigenvalue weighted by atomic mass is 9.77. The minimum atomic E-state index is -0.310. The molecular formula is C21H21NO3. The number of ether oxygens (including phenoxy) is 2. The lowest BCUT2D eigenvalue weighted by molar-refractivity contribution is 0.0600. The van der Waals surface area contributed by atoms with E-state index in [2.05, 4.69) is 23.5 Å². The zero-order valence-electron chi connectivity index (χ0n) is 14.4. The van der Waals surface area contributed by atoms with Gasteiger partial charge < -0.3 is 14.8 Å². The number of rotatable bonds is 3. The average Bonchev–Trinajstić information content (AvgIpc) is 3.16. The Morgan fingerprint density at radius 1 is 1.12 bits per heavy atom. The van der Waals surface area contributed by atoms with Crippen LogP contribution in [0, 0.1) is 5.92 Å². The minimum absolute atomic E-state index is 0.176. The van der Waals surface area contributed by atoms with Crippen molar-refractivity contribution < 1.29 is 14.3 Å². The summed E-state index contributed by atoms with van der Waals surface area (Å²) in [6, 6.07) is 14.1. The summed E-state index contributed by atoms with van der Waals surface area (Å²) in [6.07, 6.45) is 5.61. The first-order valence-corrected chi connectivity index (χ1v) is 8.51. The standard InChI is InChI=1S/C21H21NO3/c1-24-18-8-4-7-17-15-5-3-6-16(15)19(22-20(17)18)13-9-11-14(12-10-13)21(23)25-2/h3-5,7-12,15-16,19,22H,6H2,1-2H3/t15-,16+,19+/m1/s1. The van der Waals surface area contributed by atoms with Crippen LogP contribution in [0.2, 0.25) is 0 Å². The zero-order valence-corrected chi connectivity index (χ0v) is 14.4. The predicted molar refractivity (Wildman–Crippen MR) is 97.1 cm³/mol. The maximum Gasteiger partial charge on any atom is 0.337 e. The summed E-state index contributed by atoms with van der Waals surface area (Å²) in [6.45, 7) is 0. The second-order valence-electron chi connectivity index (χ2n) is 6.51. The highest BCUT2D eigenvalue weighted by molar-refractivity contribution is 5.89. The molecule has 1 aliphatic heterocycles. The normalized spacial score (nSPS) is 23.4. The summed E-state index contributed by atoms with van der Waals surface area (Å²) in [5, 5.41) is 3.69. The quantitative estimate of drug-likeness (QED) is 0.671. The highest BCUT2D eigenvalue weighted by Gasteiger charge is 2.38. The van der Waals surface area contributed by atoms with E-state index >= 15 is 0 Å². The third-order valence-electron chi connectivity index (χ3n) is 5.27. The molecule has 25 heavy (non-hydrogen) atoms. The lowest BCUT2D eigenvalue weighted by Crippen LogP contribution is -2.29. The molecule has 2 aromatic rings. The van der Waals surface area contributed by atoms with Crippen molar-refractivity contribution in [1.29, 1.82) is 0 Å². The van der Waals surface area contributed by atoms with Gasteiger partial charge in [-0.25, -0.2) is 4.79 Å². The average molecular weight is 335 g/mol. The third kappa shape index (κ3) is 2.58. The van der Waals surface area contributed by atoms with Crippen LogP contribution in [0.15, 0.2) is 54.6 Å². The predicted octanol–water partition coefficient (Wildman–Crippen LogP) is 4.31. The minimum Gasteiger partial charge on any atom is -0.495 e. The van der Waals surface area contributed by atoms with Gasteiger partial charge in [-0.2, -0.15) is 0 Å². The molecule has 0 aromatic heterocycles. The van der Waals surface area contributed by atoms with E-state index in [1.165, 1.54) is 18.2 Å². The van der Waals surface area contributed by atoms with E-state index in [-0.39, 0.29) is 12.0 Å². The second kappa shape index (κ2) is 6.28. The molecule has 0 saturated heterocycles. The molecular weight excluding hydrogens is 314 g/mol. The van der Waals surface area contributed by atoms with Gasteiger partial charge >= 0.3 is 5.97 Å². The van der Waals surface area contributed by atoms with Gasteiger partial charge in [0.25, 0.3) is 0 Å². The van der Waals surface area contributed by atoms with Gasteiger partial charge in [-0.05, 0) is 41.7 Å². The number of hydrogen-bond donors (Lipinski definition) is 1. The molecule has 4 heteroatoms. The first kappa shape index (κ1) is 15.8. The van der Waals surface area contributed by atoms with Gasteiger partial charge in [0.2, 0.25) is 0 Å². The summed E-state index contributed by atoms with van der Waals surface area (Å²) in [4.78, 5) is 11.7. The third-order valence-corrected chi connectivity index (χ3v) is 5.27. The van der Waals surface area contributed by atoms with E-state index in [0.29, 0.717) is 17.4 Å². The molecule has 4 rings (SSSR count). The monoisotopic (exact) mass is 335 g/mol. The van der Waals surface area contributed by atoms with Gasteiger partial charge in [-0.1, -0.05) is 36.4 Å². The maximum atomic E-state index is 11.7. The highest BCUT2D eigenvalue weighted by Crippen LogP contribution is 2.52. The van der Waals surface area contributed by atoms with Crippen molar-refractivity contribution >= 4 is 11.7 Å². The molecule has 1 N–H and O–H groups in total. The van der Waals surface area contributed by atoms with Gasteiger partial charge in [0.15, 0.2) is 0 Å². The second-order valence-corrected chi connectivity index (χ2v) is 6.51. The number of hydrogen-bond acceptors (Lipinski definition) is 4. The van der Waals surface area contributed by atoms with Crippen molar-refractivity contribution in [3.05, 3.63) is 71.3 Å². The fraction of sp³-hybridized carbons (Fsp3) is 0.286. The van der Waals surface area contributed by atoms with Crippen LogP contribution in [-0.2, 0) is 4.74 Å². The van der Waals surface area contributed by atoms with E-state index in [9.17, 15) is 4.79 Å². The first-order valence-electron chi connectivity index (χ1n) is 8.51. The Labute approximate surface area is 147 Å². The topological polar surface area (TPSA) is 47.6 Å². The van der Waals surface area contributed by atoms with Crippen molar-refractivity contribution in [2.75, 3.05) is 19.5 Å². The van der Waals surface area contributed by atoms with Gasteiger partial charge in [0.05, 0.1) is 31.5 Å². The molecule has 0 spiro atoms. The zero-order chi connectivity index (χ0) is 17.4. The number of carbonyl (C=O) groups is 1. The molecule has 0 saturated carbocycles. The summed E-state index contributed by atoms with van der Waals surface area (Å²) < 4.78 is 10.3. The van der Waals surface area contributed by atoms with Gasteiger partial charge in [-0.3, -0.25) is 0 Å². The number of allylic oxidation sites excluding steroid dienone is 2. The van der Waals surface area contributed by atoms with Crippen molar-refractivity contribution in [2.24, 2.45) is 5.92 Å². The van der Waals surface area contributed by atoms with Crippen molar-refractivity contribution in [3.63, 3.8) is 0 Å². The Morgan fingerprint density at radius 2 is 1.92 bits per heavy atom. The molecule has 2 aliphatic rings. The van der Waals surface area contributed by atoms with Crippen molar-refractivity contribution in [2.45, 2.75) is 18.4 Å². The molecule has 0 unspecified atom stereocenters. The smallest absolute Gasteiger partial charge is 0.337 e. The van der Waals surface area contributed by atoms with E-state index in [4.69, 9.17) is 9.47 Å². The maximum absolute atomic E-state index is 11.7. The Balaban J connectivity index is 1.72. The van der Waals surface area contributed by atoms with Crippen LogP contribution in [0.4, 0.5) is 5.69 Å². The number of esters is 1. The van der Waals surface area contributed by atoms with Crippen LogP contribution in [-0.4, -0.2) is 20.2 Å². The number of anilines is 1. The van der Waals surface area contributed by atoms with E-state index < -0.39 is 0 Å². The van der Waals surface area contributed by atoms with Crippen LogP contribution >= 0.6 is 0 Å². The summed E-state index contributed by atoms with van der Waals surface area (Å²) in [5.41, 5.74) is 4.10. The SMILES string of the molecule is COC(=O)c1ccc([C@@H]2Nc3c(OC)cccc3[C@@H]3C=CC[C@@H]32)cc1. The van der Waals surface area contributed by atoms with Gasteiger partial charge in [-0.15, -0.1) is 0 Å². The van der Waals surface area contributed by atoms with Crippen LogP contribution < -0.4 is 10.1 Å². The molecule has 4 nitrogen and oxygen atoms in total. The Hall–Kier alpha value is -2.75. The molecule has 0 fully saturated rings. The fourth-order valence-corrected chi connectivity index (χ4v) is 4.04. The molecule has 128 valence electrons. The number of nitrogens with one attached hydrogen (secondary N) is 1. The number of fused-ring (bicyclic) bond motifs is 3. The van der Waals surface area contributed by atoms with Crippen molar-refractivity contribution in [1.82, 2.24) is 0 Å². The van der Waals surface area contributed by atoms with E-state index in [1.54, 1.807) is 7.11 Å². The van der Waals surface area contributed by atoms with E-state index in [1.807, 2.05) is 36.4 Å². The van der Waals surface area contributed by atoms with Crippen LogP contribution in [0.3, 0.4) is 0 Å². The van der Waals surface area contributed by atoms with E-state index in [0.717, 1.165) is 17.9 Å². The molecule has 3 atom stereocenters. The molecule has 1 aliphatic carbocycles. The summed E-state index contributed by atoms with van der Waals surface area (Å²) >= 11 is 0. The lowest BCUT2D eigenvalue weighted by Gasteiger charge is -2.38. The number of carbonyl (C=O) groups excluding carboxylic acids is 1. The fourth-order valence-electron chi connectivity index (χ4n) is 4.04.